The molecule has 0 aliphatic carbocycles. The minimum absolute atomic E-state index is 0.275. The Kier molecular flexibility index (Phi) is 5.67. The van der Waals surface area contributed by atoms with Crippen LogP contribution in [0.25, 0.3) is 11.1 Å². The molecule has 2 heterocycles. The third-order valence-electron chi connectivity index (χ3n) is 4.19. The fourth-order valence-corrected chi connectivity index (χ4v) is 2.71. The summed E-state index contributed by atoms with van der Waals surface area (Å²) in [7, 11) is 1.27. The number of hydrogen-bond acceptors (Lipinski definition) is 5. The highest BCUT2D eigenvalue weighted by atomic mass is 19.4. The van der Waals surface area contributed by atoms with Gasteiger partial charge in [-0.2, -0.15) is 13.2 Å². The number of rotatable bonds is 5. The Morgan fingerprint density at radius 2 is 1.68 bits per heavy atom. The number of halogens is 3. The lowest BCUT2D eigenvalue weighted by molar-refractivity contribution is -0.137. The number of carbonyl (C=O) groups is 1. The monoisotopic (exact) mass is 387 g/mol. The van der Waals surface area contributed by atoms with E-state index in [1.807, 2.05) is 0 Å². The summed E-state index contributed by atoms with van der Waals surface area (Å²) in [5.74, 6) is -0.555. The topological polar surface area (TPSA) is 65.0 Å². The molecule has 2 aromatic heterocycles. The Morgan fingerprint density at radius 1 is 1.00 bits per heavy atom. The first-order valence-corrected chi connectivity index (χ1v) is 8.37. The van der Waals surface area contributed by atoms with Crippen molar-refractivity contribution in [3.8, 4) is 11.1 Å². The fourth-order valence-electron chi connectivity index (χ4n) is 2.71. The van der Waals surface area contributed by atoms with Crippen molar-refractivity contribution in [2.24, 2.45) is 0 Å². The zero-order valence-corrected chi connectivity index (χ0v) is 14.9. The second kappa shape index (κ2) is 8.16. The number of esters is 1. The quantitative estimate of drug-likeness (QED) is 0.616. The van der Waals surface area contributed by atoms with Gasteiger partial charge in [0, 0.05) is 24.2 Å². The van der Waals surface area contributed by atoms with Gasteiger partial charge in [0.2, 0.25) is 0 Å². The molecule has 0 aliphatic heterocycles. The average molecular weight is 387 g/mol. The Labute approximate surface area is 159 Å². The second-order valence-electron chi connectivity index (χ2n) is 6.03. The van der Waals surface area contributed by atoms with E-state index in [0.717, 1.165) is 17.7 Å². The molecule has 0 spiro atoms. The summed E-state index contributed by atoms with van der Waals surface area (Å²) in [4.78, 5) is 24.4. The summed E-state index contributed by atoms with van der Waals surface area (Å²) in [5.41, 5.74) is 2.02. The number of methoxy groups -OCH3 is 1. The van der Waals surface area contributed by atoms with Crippen molar-refractivity contribution in [2.45, 2.75) is 19.0 Å². The van der Waals surface area contributed by atoms with Crippen LogP contribution in [-0.2, 0) is 23.8 Å². The second-order valence-corrected chi connectivity index (χ2v) is 6.03. The van der Waals surface area contributed by atoms with Crippen LogP contribution in [-0.4, -0.2) is 28.0 Å². The van der Waals surface area contributed by atoms with Crippen molar-refractivity contribution in [3.05, 3.63) is 77.6 Å². The van der Waals surface area contributed by atoms with E-state index in [1.54, 1.807) is 18.5 Å². The van der Waals surface area contributed by atoms with E-state index < -0.39 is 17.7 Å². The largest absolute Gasteiger partial charge is 0.465 e. The smallest absolute Gasteiger partial charge is 0.416 e. The summed E-state index contributed by atoms with van der Waals surface area (Å²) in [6, 6.07) is 6.27. The summed E-state index contributed by atoms with van der Waals surface area (Å²) in [6.45, 7) is 0. The van der Waals surface area contributed by atoms with Crippen LogP contribution in [0.5, 0.6) is 0 Å². The maximum absolute atomic E-state index is 12.7. The number of aromatic nitrogens is 3. The van der Waals surface area contributed by atoms with Crippen LogP contribution < -0.4 is 0 Å². The highest BCUT2D eigenvalue weighted by Crippen LogP contribution is 2.31. The number of pyridine rings is 1. The SMILES string of the molecule is COC(=O)c1cc(-c2ccc(C(F)(F)F)cc2)cnc1CCc1cncnc1. The van der Waals surface area contributed by atoms with E-state index in [9.17, 15) is 18.0 Å². The van der Waals surface area contributed by atoms with Gasteiger partial charge in [-0.25, -0.2) is 14.8 Å². The van der Waals surface area contributed by atoms with Crippen LogP contribution >= 0.6 is 0 Å². The van der Waals surface area contributed by atoms with Crippen molar-refractivity contribution in [1.82, 2.24) is 15.0 Å². The number of carbonyl (C=O) groups excluding carboxylic acids is 1. The molecule has 0 aliphatic rings. The number of alkyl halides is 3. The molecule has 3 aromatic rings. The first-order valence-electron chi connectivity index (χ1n) is 8.37. The zero-order chi connectivity index (χ0) is 20.1. The van der Waals surface area contributed by atoms with E-state index in [-0.39, 0.29) is 5.56 Å². The Balaban J connectivity index is 1.89. The molecular weight excluding hydrogens is 371 g/mol. The van der Waals surface area contributed by atoms with Crippen LogP contribution in [0.3, 0.4) is 0 Å². The van der Waals surface area contributed by atoms with Crippen molar-refractivity contribution in [2.75, 3.05) is 7.11 Å². The number of benzene rings is 1. The van der Waals surface area contributed by atoms with Crippen molar-refractivity contribution in [1.29, 1.82) is 0 Å². The summed E-state index contributed by atoms with van der Waals surface area (Å²) < 4.78 is 43.0. The van der Waals surface area contributed by atoms with Gasteiger partial charge >= 0.3 is 12.1 Å². The van der Waals surface area contributed by atoms with Crippen LogP contribution in [0, 0.1) is 0 Å². The molecule has 28 heavy (non-hydrogen) atoms. The lowest BCUT2D eigenvalue weighted by atomic mass is 10.0. The van der Waals surface area contributed by atoms with Crippen LogP contribution in [0.4, 0.5) is 13.2 Å². The molecule has 0 bridgehead atoms. The average Bonchev–Trinajstić information content (AvgIpc) is 2.72. The summed E-state index contributed by atoms with van der Waals surface area (Å²) in [6.07, 6.45) is 2.97. The maximum atomic E-state index is 12.7. The van der Waals surface area contributed by atoms with Crippen LogP contribution in [0.2, 0.25) is 0 Å². The lowest BCUT2D eigenvalue weighted by Crippen LogP contribution is -2.09. The van der Waals surface area contributed by atoms with Gasteiger partial charge in [-0.15, -0.1) is 0 Å². The molecule has 1 aromatic carbocycles. The molecule has 0 amide bonds. The van der Waals surface area contributed by atoms with Gasteiger partial charge in [0.15, 0.2) is 0 Å². The van der Waals surface area contributed by atoms with Gasteiger partial charge in [0.1, 0.15) is 6.33 Å². The Bertz CT molecular complexity index is 959. The molecular formula is C20H16F3N3O2. The number of nitrogens with zero attached hydrogens (tertiary/aromatic N) is 3. The predicted molar refractivity (Wildman–Crippen MR) is 95.5 cm³/mol. The number of aryl methyl sites for hydroxylation is 2. The van der Waals surface area contributed by atoms with E-state index in [2.05, 4.69) is 15.0 Å². The highest BCUT2D eigenvalue weighted by molar-refractivity contribution is 5.92. The molecule has 8 heteroatoms. The fraction of sp³-hybridized carbons (Fsp3) is 0.200. The predicted octanol–water partition coefficient (Wildman–Crippen LogP) is 4.13. The van der Waals surface area contributed by atoms with Crippen molar-refractivity contribution >= 4 is 5.97 Å². The normalized spacial score (nSPS) is 11.3. The van der Waals surface area contributed by atoms with Crippen molar-refractivity contribution in [3.63, 3.8) is 0 Å². The Morgan fingerprint density at radius 3 is 2.29 bits per heavy atom. The van der Waals surface area contributed by atoms with Gasteiger partial charge in [-0.1, -0.05) is 12.1 Å². The van der Waals surface area contributed by atoms with Crippen molar-refractivity contribution < 1.29 is 22.7 Å². The molecule has 0 radical (unpaired) electrons. The number of hydrogen-bond donors (Lipinski definition) is 0. The first kappa shape index (κ1) is 19.5. The molecule has 0 unspecified atom stereocenters. The standard InChI is InChI=1S/C20H16F3N3O2/c1-28-19(27)17-8-15(14-3-5-16(6-4-14)20(21,22)23)11-26-18(17)7-2-13-9-24-12-25-10-13/h3-6,8-12H,2,7H2,1H3. The zero-order valence-electron chi connectivity index (χ0n) is 14.9. The van der Waals surface area contributed by atoms with Gasteiger partial charge in [-0.05, 0) is 42.2 Å². The van der Waals surface area contributed by atoms with Gasteiger partial charge in [0.25, 0.3) is 0 Å². The summed E-state index contributed by atoms with van der Waals surface area (Å²) >= 11 is 0. The molecule has 0 saturated heterocycles. The molecule has 3 rings (SSSR count). The van der Waals surface area contributed by atoms with E-state index in [4.69, 9.17) is 4.74 Å². The minimum atomic E-state index is -4.40. The van der Waals surface area contributed by atoms with Gasteiger partial charge in [-0.3, -0.25) is 4.98 Å². The number of ether oxygens (including phenoxy) is 1. The molecule has 0 fully saturated rings. The van der Waals surface area contributed by atoms with Crippen LogP contribution in [0.15, 0.2) is 55.2 Å². The highest BCUT2D eigenvalue weighted by Gasteiger charge is 2.30. The molecule has 0 atom stereocenters. The van der Waals surface area contributed by atoms with E-state index in [0.29, 0.717) is 29.7 Å². The lowest BCUT2D eigenvalue weighted by Gasteiger charge is -2.11. The Hall–Kier alpha value is -3.29. The van der Waals surface area contributed by atoms with Crippen LogP contribution in [0.1, 0.15) is 27.2 Å². The molecule has 5 nitrogen and oxygen atoms in total. The minimum Gasteiger partial charge on any atom is -0.465 e. The summed E-state index contributed by atoms with van der Waals surface area (Å²) in [5, 5.41) is 0. The molecule has 144 valence electrons. The molecule has 0 N–H and O–H groups in total. The first-order chi connectivity index (χ1) is 13.4. The van der Waals surface area contributed by atoms with E-state index >= 15 is 0 Å². The van der Waals surface area contributed by atoms with Gasteiger partial charge in [0.05, 0.1) is 23.9 Å². The third-order valence-corrected chi connectivity index (χ3v) is 4.19. The van der Waals surface area contributed by atoms with Gasteiger partial charge < -0.3 is 4.74 Å². The maximum Gasteiger partial charge on any atom is 0.416 e. The molecule has 0 saturated carbocycles. The third kappa shape index (κ3) is 4.51. The van der Waals surface area contributed by atoms with E-state index in [1.165, 1.54) is 31.8 Å².